The first-order valence-corrected chi connectivity index (χ1v) is 6.51. The van der Waals surface area contributed by atoms with E-state index in [0.717, 1.165) is 18.0 Å². The van der Waals surface area contributed by atoms with E-state index >= 15 is 0 Å². The van der Waals surface area contributed by atoms with Crippen LogP contribution in [0.15, 0.2) is 42.5 Å². The standard InChI is InChI=1S/C16H15NO2/c1-16(9-17-13-5-3-2-4-12(13)16)11-6-7-14-15(8-11)19-10-18-14/h2-8,17H,9-10H2,1H3. The lowest BCUT2D eigenvalue weighted by atomic mass is 9.78. The Morgan fingerprint density at radius 2 is 1.89 bits per heavy atom. The highest BCUT2D eigenvalue weighted by atomic mass is 16.7. The molecule has 1 N–H and O–H groups in total. The minimum absolute atomic E-state index is 0.0163. The fourth-order valence-corrected chi connectivity index (χ4v) is 2.98. The zero-order chi connectivity index (χ0) is 12.9. The van der Waals surface area contributed by atoms with E-state index < -0.39 is 0 Å². The molecule has 96 valence electrons. The maximum atomic E-state index is 5.49. The largest absolute Gasteiger partial charge is 0.454 e. The van der Waals surface area contributed by atoms with Crippen molar-refractivity contribution in [2.24, 2.45) is 0 Å². The number of nitrogens with one attached hydrogen (secondary N) is 1. The summed E-state index contributed by atoms with van der Waals surface area (Å²) in [5, 5.41) is 3.48. The zero-order valence-electron chi connectivity index (χ0n) is 10.8. The van der Waals surface area contributed by atoms with E-state index in [1.54, 1.807) is 0 Å². The van der Waals surface area contributed by atoms with Gasteiger partial charge in [0.15, 0.2) is 11.5 Å². The van der Waals surface area contributed by atoms with E-state index in [1.165, 1.54) is 16.8 Å². The summed E-state index contributed by atoms with van der Waals surface area (Å²) < 4.78 is 10.9. The van der Waals surface area contributed by atoms with Crippen molar-refractivity contribution in [1.29, 1.82) is 0 Å². The van der Waals surface area contributed by atoms with E-state index in [2.05, 4.69) is 48.6 Å². The molecule has 2 aromatic rings. The maximum Gasteiger partial charge on any atom is 0.231 e. The number of benzene rings is 2. The van der Waals surface area contributed by atoms with Gasteiger partial charge < -0.3 is 14.8 Å². The van der Waals surface area contributed by atoms with Crippen LogP contribution in [0.2, 0.25) is 0 Å². The normalized spacial score (nSPS) is 23.0. The molecule has 0 saturated heterocycles. The molecule has 2 aliphatic rings. The fourth-order valence-electron chi connectivity index (χ4n) is 2.98. The minimum atomic E-state index is -0.0163. The van der Waals surface area contributed by atoms with Crippen molar-refractivity contribution in [3.63, 3.8) is 0 Å². The summed E-state index contributed by atoms with van der Waals surface area (Å²) in [6.07, 6.45) is 0. The Morgan fingerprint density at radius 1 is 1.05 bits per heavy atom. The lowest BCUT2D eigenvalue weighted by Gasteiger charge is -2.25. The quantitative estimate of drug-likeness (QED) is 0.847. The Balaban J connectivity index is 1.84. The van der Waals surface area contributed by atoms with Crippen molar-refractivity contribution in [1.82, 2.24) is 0 Å². The maximum absolute atomic E-state index is 5.49. The van der Waals surface area contributed by atoms with Gasteiger partial charge in [0.1, 0.15) is 0 Å². The molecule has 0 amide bonds. The van der Waals surface area contributed by atoms with Crippen molar-refractivity contribution >= 4 is 5.69 Å². The molecule has 3 heteroatoms. The third-order valence-corrected chi connectivity index (χ3v) is 4.16. The first kappa shape index (κ1) is 10.7. The molecule has 2 aliphatic heterocycles. The van der Waals surface area contributed by atoms with Gasteiger partial charge in [-0.15, -0.1) is 0 Å². The lowest BCUT2D eigenvalue weighted by molar-refractivity contribution is 0.174. The van der Waals surface area contributed by atoms with Gasteiger partial charge in [-0.05, 0) is 36.2 Å². The van der Waals surface area contributed by atoms with Crippen LogP contribution in [0.1, 0.15) is 18.1 Å². The Bertz CT molecular complexity index is 653. The zero-order valence-corrected chi connectivity index (χ0v) is 10.8. The van der Waals surface area contributed by atoms with Crippen LogP contribution in [0, 0.1) is 0 Å². The molecule has 0 bridgehead atoms. The summed E-state index contributed by atoms with van der Waals surface area (Å²) in [5.74, 6) is 1.69. The van der Waals surface area contributed by atoms with Gasteiger partial charge in [0.25, 0.3) is 0 Å². The van der Waals surface area contributed by atoms with Crippen LogP contribution in [0.25, 0.3) is 0 Å². The molecule has 0 radical (unpaired) electrons. The van der Waals surface area contributed by atoms with Crippen molar-refractivity contribution in [3.8, 4) is 11.5 Å². The van der Waals surface area contributed by atoms with Gasteiger partial charge in [0.05, 0.1) is 0 Å². The number of rotatable bonds is 1. The van der Waals surface area contributed by atoms with Crippen LogP contribution < -0.4 is 14.8 Å². The number of hydrogen-bond acceptors (Lipinski definition) is 3. The first-order chi connectivity index (χ1) is 9.27. The predicted molar refractivity (Wildman–Crippen MR) is 74.0 cm³/mol. The number of anilines is 1. The average Bonchev–Trinajstić information content (AvgIpc) is 3.04. The van der Waals surface area contributed by atoms with E-state index in [0.29, 0.717) is 6.79 Å². The monoisotopic (exact) mass is 253 g/mol. The van der Waals surface area contributed by atoms with Gasteiger partial charge in [0.2, 0.25) is 6.79 Å². The second-order valence-electron chi connectivity index (χ2n) is 5.30. The highest BCUT2D eigenvalue weighted by Gasteiger charge is 2.36. The van der Waals surface area contributed by atoms with Crippen molar-refractivity contribution in [3.05, 3.63) is 53.6 Å². The first-order valence-electron chi connectivity index (χ1n) is 6.51. The van der Waals surface area contributed by atoms with E-state index in [9.17, 15) is 0 Å². The second kappa shape index (κ2) is 3.67. The summed E-state index contributed by atoms with van der Waals surface area (Å²) in [7, 11) is 0. The van der Waals surface area contributed by atoms with Crippen LogP contribution >= 0.6 is 0 Å². The number of hydrogen-bond donors (Lipinski definition) is 1. The SMILES string of the molecule is CC1(c2ccc3c(c2)OCO3)CNc2ccccc21. The molecule has 0 aromatic heterocycles. The molecule has 1 unspecified atom stereocenters. The van der Waals surface area contributed by atoms with Gasteiger partial charge in [-0.25, -0.2) is 0 Å². The molecule has 0 spiro atoms. The number of para-hydroxylation sites is 1. The van der Waals surface area contributed by atoms with Crippen molar-refractivity contribution in [2.45, 2.75) is 12.3 Å². The molecule has 0 fully saturated rings. The molecule has 4 rings (SSSR count). The molecule has 1 atom stereocenters. The minimum Gasteiger partial charge on any atom is -0.454 e. The third-order valence-electron chi connectivity index (χ3n) is 4.16. The topological polar surface area (TPSA) is 30.5 Å². The van der Waals surface area contributed by atoms with Gasteiger partial charge in [0, 0.05) is 17.6 Å². The Labute approximate surface area is 112 Å². The summed E-state index contributed by atoms with van der Waals surface area (Å²) in [4.78, 5) is 0. The van der Waals surface area contributed by atoms with Crippen molar-refractivity contribution in [2.75, 3.05) is 18.7 Å². The predicted octanol–water partition coefficient (Wildman–Crippen LogP) is 3.15. The number of ether oxygens (including phenoxy) is 2. The third kappa shape index (κ3) is 1.44. The Kier molecular flexibility index (Phi) is 2.07. The summed E-state index contributed by atoms with van der Waals surface area (Å²) in [5.41, 5.74) is 3.81. The van der Waals surface area contributed by atoms with Gasteiger partial charge in [-0.1, -0.05) is 24.3 Å². The van der Waals surface area contributed by atoms with E-state index in [-0.39, 0.29) is 5.41 Å². The molecule has 2 aromatic carbocycles. The lowest BCUT2D eigenvalue weighted by Crippen LogP contribution is -2.25. The van der Waals surface area contributed by atoms with Crippen LogP contribution in [0.5, 0.6) is 11.5 Å². The van der Waals surface area contributed by atoms with Crippen molar-refractivity contribution < 1.29 is 9.47 Å². The molecule has 3 nitrogen and oxygen atoms in total. The molecule has 0 aliphatic carbocycles. The molecule has 2 heterocycles. The van der Waals surface area contributed by atoms with Crippen LogP contribution in [-0.4, -0.2) is 13.3 Å². The molecule has 0 saturated carbocycles. The van der Waals surface area contributed by atoms with Gasteiger partial charge >= 0.3 is 0 Å². The Hall–Kier alpha value is -2.16. The Morgan fingerprint density at radius 3 is 2.84 bits per heavy atom. The summed E-state index contributed by atoms with van der Waals surface area (Å²) >= 11 is 0. The van der Waals surface area contributed by atoms with Gasteiger partial charge in [-0.3, -0.25) is 0 Å². The average molecular weight is 253 g/mol. The summed E-state index contributed by atoms with van der Waals surface area (Å²) in [6, 6.07) is 14.7. The summed E-state index contributed by atoms with van der Waals surface area (Å²) in [6.45, 7) is 3.50. The smallest absolute Gasteiger partial charge is 0.231 e. The molecular formula is C16H15NO2. The van der Waals surface area contributed by atoms with Gasteiger partial charge in [-0.2, -0.15) is 0 Å². The fraction of sp³-hybridized carbons (Fsp3) is 0.250. The highest BCUT2D eigenvalue weighted by Crippen LogP contribution is 2.44. The van der Waals surface area contributed by atoms with Crippen LogP contribution in [0.4, 0.5) is 5.69 Å². The van der Waals surface area contributed by atoms with E-state index in [4.69, 9.17) is 9.47 Å². The van der Waals surface area contributed by atoms with Crippen LogP contribution in [-0.2, 0) is 5.41 Å². The second-order valence-corrected chi connectivity index (χ2v) is 5.30. The van der Waals surface area contributed by atoms with Crippen LogP contribution in [0.3, 0.4) is 0 Å². The molecule has 19 heavy (non-hydrogen) atoms. The number of fused-ring (bicyclic) bond motifs is 2. The highest BCUT2D eigenvalue weighted by molar-refractivity contribution is 5.64. The molecular weight excluding hydrogens is 238 g/mol. The van der Waals surface area contributed by atoms with E-state index in [1.807, 2.05) is 6.07 Å².